The SMILES string of the molecule is CCOC(C)(CC)C(=O)Cc1c(C)cccc1C. The number of rotatable bonds is 6. The fourth-order valence-electron chi connectivity index (χ4n) is 2.17. The minimum Gasteiger partial charge on any atom is -0.368 e. The van der Waals surface area contributed by atoms with Gasteiger partial charge in [0.15, 0.2) is 5.78 Å². The smallest absolute Gasteiger partial charge is 0.168 e. The minimum absolute atomic E-state index is 0.171. The average molecular weight is 248 g/mol. The van der Waals surface area contributed by atoms with Crippen molar-refractivity contribution in [1.29, 1.82) is 0 Å². The first-order chi connectivity index (χ1) is 8.44. The monoisotopic (exact) mass is 248 g/mol. The molecule has 0 heterocycles. The van der Waals surface area contributed by atoms with Crippen molar-refractivity contribution < 1.29 is 9.53 Å². The molecule has 1 unspecified atom stereocenters. The summed E-state index contributed by atoms with van der Waals surface area (Å²) < 4.78 is 5.64. The second-order valence-electron chi connectivity index (χ2n) is 4.99. The minimum atomic E-state index is -0.649. The summed E-state index contributed by atoms with van der Waals surface area (Å²) in [7, 11) is 0. The van der Waals surface area contributed by atoms with Crippen molar-refractivity contribution in [2.24, 2.45) is 0 Å². The molecule has 0 aliphatic carbocycles. The molecule has 0 aliphatic rings. The lowest BCUT2D eigenvalue weighted by molar-refractivity contribution is -0.141. The molecular weight excluding hydrogens is 224 g/mol. The third kappa shape index (κ3) is 3.20. The number of carbonyl (C=O) groups is 1. The number of aryl methyl sites for hydroxylation is 2. The summed E-state index contributed by atoms with van der Waals surface area (Å²) in [4.78, 5) is 12.4. The molecule has 0 bridgehead atoms. The maximum Gasteiger partial charge on any atom is 0.168 e. The summed E-state index contributed by atoms with van der Waals surface area (Å²) in [5.41, 5.74) is 2.85. The standard InChI is InChI=1S/C16H24O2/c1-6-16(5,18-7-2)15(17)11-14-12(3)9-8-10-13(14)4/h8-10H,6-7,11H2,1-5H3. The van der Waals surface area contributed by atoms with Crippen molar-refractivity contribution in [1.82, 2.24) is 0 Å². The van der Waals surface area contributed by atoms with Crippen LogP contribution in [0, 0.1) is 13.8 Å². The van der Waals surface area contributed by atoms with Gasteiger partial charge >= 0.3 is 0 Å². The highest BCUT2D eigenvalue weighted by atomic mass is 16.5. The Morgan fingerprint density at radius 3 is 2.22 bits per heavy atom. The van der Waals surface area contributed by atoms with Crippen LogP contribution >= 0.6 is 0 Å². The molecular formula is C16H24O2. The Hall–Kier alpha value is -1.15. The van der Waals surface area contributed by atoms with E-state index >= 15 is 0 Å². The lowest BCUT2D eigenvalue weighted by Crippen LogP contribution is -2.39. The molecule has 0 N–H and O–H groups in total. The van der Waals surface area contributed by atoms with E-state index in [0.29, 0.717) is 19.4 Å². The van der Waals surface area contributed by atoms with Crippen molar-refractivity contribution in [2.45, 2.75) is 53.1 Å². The van der Waals surface area contributed by atoms with E-state index < -0.39 is 5.60 Å². The van der Waals surface area contributed by atoms with Crippen LogP contribution in [0.1, 0.15) is 43.9 Å². The molecule has 0 fully saturated rings. The fourth-order valence-corrected chi connectivity index (χ4v) is 2.17. The van der Waals surface area contributed by atoms with Gasteiger partial charge in [-0.15, -0.1) is 0 Å². The van der Waals surface area contributed by atoms with Gasteiger partial charge < -0.3 is 4.74 Å². The summed E-state index contributed by atoms with van der Waals surface area (Å²) >= 11 is 0. The van der Waals surface area contributed by atoms with E-state index in [1.54, 1.807) is 0 Å². The van der Waals surface area contributed by atoms with Crippen LogP contribution in [0.15, 0.2) is 18.2 Å². The van der Waals surface area contributed by atoms with Crippen LogP contribution in [0.3, 0.4) is 0 Å². The van der Waals surface area contributed by atoms with Gasteiger partial charge in [-0.05, 0) is 50.8 Å². The predicted molar refractivity (Wildman–Crippen MR) is 74.9 cm³/mol. The number of carbonyl (C=O) groups excluding carboxylic acids is 1. The molecule has 18 heavy (non-hydrogen) atoms. The number of Topliss-reactive ketones (excluding diaryl/α,β-unsaturated/α-hetero) is 1. The molecule has 0 saturated carbocycles. The van der Waals surface area contributed by atoms with Gasteiger partial charge in [0.25, 0.3) is 0 Å². The van der Waals surface area contributed by atoms with E-state index in [2.05, 4.69) is 26.0 Å². The van der Waals surface area contributed by atoms with Crippen molar-refractivity contribution in [3.05, 3.63) is 34.9 Å². The Kier molecular flexibility index (Phi) is 5.09. The second kappa shape index (κ2) is 6.14. The Bertz CT molecular complexity index is 403. The van der Waals surface area contributed by atoms with Gasteiger partial charge in [-0.3, -0.25) is 4.79 Å². The Labute approximate surface area is 110 Å². The van der Waals surface area contributed by atoms with Gasteiger partial charge in [0.1, 0.15) is 5.60 Å². The van der Waals surface area contributed by atoms with Crippen molar-refractivity contribution in [2.75, 3.05) is 6.61 Å². The summed E-state index contributed by atoms with van der Waals surface area (Å²) in [6.07, 6.45) is 1.17. The first-order valence-electron chi connectivity index (χ1n) is 6.67. The zero-order valence-electron chi connectivity index (χ0n) is 12.2. The highest BCUT2D eigenvalue weighted by Crippen LogP contribution is 2.22. The van der Waals surface area contributed by atoms with E-state index in [0.717, 1.165) is 5.56 Å². The molecule has 1 atom stereocenters. The predicted octanol–water partition coefficient (Wildman–Crippen LogP) is 3.62. The van der Waals surface area contributed by atoms with Crippen LogP contribution in [-0.2, 0) is 16.0 Å². The first kappa shape index (κ1) is 14.9. The molecule has 2 nitrogen and oxygen atoms in total. The summed E-state index contributed by atoms with van der Waals surface area (Å²) in [6.45, 7) is 10.5. The quantitative estimate of drug-likeness (QED) is 0.768. The topological polar surface area (TPSA) is 26.3 Å². The van der Waals surface area contributed by atoms with E-state index in [1.165, 1.54) is 11.1 Å². The lowest BCUT2D eigenvalue weighted by Gasteiger charge is -2.27. The Morgan fingerprint density at radius 1 is 1.22 bits per heavy atom. The van der Waals surface area contributed by atoms with Crippen LogP contribution in [-0.4, -0.2) is 18.0 Å². The van der Waals surface area contributed by atoms with Crippen LogP contribution < -0.4 is 0 Å². The molecule has 0 aliphatic heterocycles. The summed E-state index contributed by atoms with van der Waals surface area (Å²) in [5.74, 6) is 0.171. The molecule has 2 heteroatoms. The van der Waals surface area contributed by atoms with Crippen molar-refractivity contribution >= 4 is 5.78 Å². The highest BCUT2D eigenvalue weighted by Gasteiger charge is 2.31. The molecule has 0 radical (unpaired) electrons. The molecule has 0 amide bonds. The average Bonchev–Trinajstić information content (AvgIpc) is 2.34. The molecule has 100 valence electrons. The number of benzene rings is 1. The van der Waals surface area contributed by atoms with E-state index in [9.17, 15) is 4.79 Å². The van der Waals surface area contributed by atoms with Crippen molar-refractivity contribution in [3.8, 4) is 0 Å². The van der Waals surface area contributed by atoms with E-state index in [4.69, 9.17) is 4.74 Å². The van der Waals surface area contributed by atoms with E-state index in [1.807, 2.05) is 26.8 Å². The van der Waals surface area contributed by atoms with Gasteiger partial charge in [-0.2, -0.15) is 0 Å². The third-order valence-corrected chi connectivity index (χ3v) is 3.71. The number of ketones is 1. The maximum absolute atomic E-state index is 12.4. The second-order valence-corrected chi connectivity index (χ2v) is 4.99. The summed E-state index contributed by atoms with van der Waals surface area (Å²) in [5, 5.41) is 0. The largest absolute Gasteiger partial charge is 0.368 e. The maximum atomic E-state index is 12.4. The first-order valence-corrected chi connectivity index (χ1v) is 6.67. The normalized spacial score (nSPS) is 14.3. The number of ether oxygens (including phenoxy) is 1. The summed E-state index contributed by atoms with van der Waals surface area (Å²) in [6, 6.07) is 6.14. The van der Waals surface area contributed by atoms with Gasteiger partial charge in [0.2, 0.25) is 0 Å². The molecule has 0 spiro atoms. The molecule has 1 rings (SSSR count). The van der Waals surface area contributed by atoms with Gasteiger partial charge in [-0.25, -0.2) is 0 Å². The fraction of sp³-hybridized carbons (Fsp3) is 0.562. The van der Waals surface area contributed by atoms with E-state index in [-0.39, 0.29) is 5.78 Å². The number of hydrogen-bond acceptors (Lipinski definition) is 2. The van der Waals surface area contributed by atoms with Crippen LogP contribution in [0.25, 0.3) is 0 Å². The molecule has 1 aromatic rings. The van der Waals surface area contributed by atoms with Crippen molar-refractivity contribution in [3.63, 3.8) is 0 Å². The number of hydrogen-bond donors (Lipinski definition) is 0. The lowest BCUT2D eigenvalue weighted by atomic mass is 9.89. The highest BCUT2D eigenvalue weighted by molar-refractivity contribution is 5.89. The zero-order chi connectivity index (χ0) is 13.8. The molecule has 0 aromatic heterocycles. The van der Waals surface area contributed by atoms with Crippen LogP contribution in [0.2, 0.25) is 0 Å². The van der Waals surface area contributed by atoms with Gasteiger partial charge in [-0.1, -0.05) is 25.1 Å². The molecule has 1 aromatic carbocycles. The van der Waals surface area contributed by atoms with Gasteiger partial charge in [0, 0.05) is 13.0 Å². The van der Waals surface area contributed by atoms with Crippen LogP contribution in [0.4, 0.5) is 0 Å². The molecule has 0 saturated heterocycles. The zero-order valence-corrected chi connectivity index (χ0v) is 12.2. The van der Waals surface area contributed by atoms with Crippen LogP contribution in [0.5, 0.6) is 0 Å². The Morgan fingerprint density at radius 2 is 1.78 bits per heavy atom. The van der Waals surface area contributed by atoms with Gasteiger partial charge in [0.05, 0.1) is 0 Å². The Balaban J connectivity index is 2.93. The third-order valence-electron chi connectivity index (χ3n) is 3.71.